The number of rotatable bonds is 3. The molecule has 0 spiro atoms. The topological polar surface area (TPSA) is 67.6 Å². The maximum absolute atomic E-state index is 12.6. The van der Waals surface area contributed by atoms with E-state index in [0.29, 0.717) is 31.1 Å². The Kier molecular flexibility index (Phi) is 3.98. The van der Waals surface area contributed by atoms with Crippen LogP contribution in [0.1, 0.15) is 10.4 Å². The van der Waals surface area contributed by atoms with Crippen LogP contribution in [0.4, 0.5) is 0 Å². The summed E-state index contributed by atoms with van der Waals surface area (Å²) in [6, 6.07) is 6.97. The number of ether oxygens (including phenoxy) is 1. The van der Waals surface area contributed by atoms with Crippen LogP contribution in [-0.2, 0) is 4.74 Å². The van der Waals surface area contributed by atoms with Crippen LogP contribution in [0.5, 0.6) is 0 Å². The van der Waals surface area contributed by atoms with Crippen molar-refractivity contribution in [1.29, 1.82) is 0 Å². The second-order valence-corrected chi connectivity index (χ2v) is 4.90. The van der Waals surface area contributed by atoms with Gasteiger partial charge in [-0.25, -0.2) is 4.98 Å². The summed E-state index contributed by atoms with van der Waals surface area (Å²) in [5.41, 5.74) is 0.564. The zero-order chi connectivity index (χ0) is 14.7. The molecule has 1 amide bonds. The highest BCUT2D eigenvalue weighted by Crippen LogP contribution is 2.14. The van der Waals surface area contributed by atoms with E-state index >= 15 is 0 Å². The second kappa shape index (κ2) is 6.07. The molecule has 1 fully saturated rings. The lowest BCUT2D eigenvalue weighted by molar-refractivity contribution is -0.0184. The number of aromatic nitrogens is 2. The number of aliphatic hydroxyl groups is 1. The Morgan fingerprint density at radius 3 is 3.00 bits per heavy atom. The van der Waals surface area contributed by atoms with Gasteiger partial charge in [0.2, 0.25) is 0 Å². The van der Waals surface area contributed by atoms with E-state index < -0.39 is 0 Å². The van der Waals surface area contributed by atoms with Gasteiger partial charge in [-0.3, -0.25) is 4.79 Å². The zero-order valence-corrected chi connectivity index (χ0v) is 11.6. The first-order valence-electron chi connectivity index (χ1n) is 6.88. The molecule has 6 nitrogen and oxygen atoms in total. The van der Waals surface area contributed by atoms with E-state index in [1.165, 1.54) is 0 Å². The Labute approximate surface area is 122 Å². The van der Waals surface area contributed by atoms with E-state index in [-0.39, 0.29) is 18.6 Å². The minimum atomic E-state index is -0.283. The Bertz CT molecular complexity index is 612. The van der Waals surface area contributed by atoms with Crippen LogP contribution < -0.4 is 0 Å². The van der Waals surface area contributed by atoms with Crippen LogP contribution in [-0.4, -0.2) is 57.9 Å². The molecule has 0 bridgehead atoms. The van der Waals surface area contributed by atoms with Gasteiger partial charge in [-0.1, -0.05) is 0 Å². The fourth-order valence-electron chi connectivity index (χ4n) is 2.42. The van der Waals surface area contributed by atoms with Crippen LogP contribution >= 0.6 is 0 Å². The monoisotopic (exact) mass is 287 g/mol. The molecular formula is C15H17N3O3. The molecule has 2 aromatic heterocycles. The highest BCUT2D eigenvalue weighted by molar-refractivity contribution is 5.94. The normalized spacial score (nSPS) is 18.7. The molecule has 0 aliphatic carbocycles. The molecule has 1 N–H and O–H groups in total. The third-order valence-electron chi connectivity index (χ3n) is 3.56. The standard InChI is InChI=1S/C15H17N3O3/c19-10-13-11-21-8-7-18(13)15(20)12-3-4-16-14(9-12)17-5-1-2-6-17/h1-6,9,13,19H,7-8,10-11H2/t13-/m1/s1. The third kappa shape index (κ3) is 2.81. The van der Waals surface area contributed by atoms with Gasteiger partial charge in [0.05, 0.1) is 25.9 Å². The first-order valence-corrected chi connectivity index (χ1v) is 6.88. The average Bonchev–Trinajstić information content (AvgIpc) is 3.09. The van der Waals surface area contributed by atoms with Crippen molar-refractivity contribution in [3.63, 3.8) is 0 Å². The van der Waals surface area contributed by atoms with Crippen molar-refractivity contribution in [1.82, 2.24) is 14.5 Å². The average molecular weight is 287 g/mol. The van der Waals surface area contributed by atoms with Crippen molar-refractivity contribution in [2.75, 3.05) is 26.4 Å². The molecule has 0 radical (unpaired) electrons. The van der Waals surface area contributed by atoms with E-state index in [1.54, 1.807) is 23.2 Å². The number of amides is 1. The molecule has 6 heteroatoms. The van der Waals surface area contributed by atoms with Crippen LogP contribution in [0.2, 0.25) is 0 Å². The van der Waals surface area contributed by atoms with Gasteiger partial charge in [0.15, 0.2) is 0 Å². The Morgan fingerprint density at radius 1 is 1.43 bits per heavy atom. The fraction of sp³-hybridized carbons (Fsp3) is 0.333. The number of hydrogen-bond donors (Lipinski definition) is 1. The number of carbonyl (C=O) groups excluding carboxylic acids is 1. The lowest BCUT2D eigenvalue weighted by atomic mass is 10.1. The second-order valence-electron chi connectivity index (χ2n) is 4.90. The molecule has 2 aromatic rings. The number of aliphatic hydroxyl groups excluding tert-OH is 1. The van der Waals surface area contributed by atoms with Crippen molar-refractivity contribution in [3.8, 4) is 5.82 Å². The van der Waals surface area contributed by atoms with Crippen LogP contribution in [0.15, 0.2) is 42.9 Å². The maximum Gasteiger partial charge on any atom is 0.254 e. The highest BCUT2D eigenvalue weighted by atomic mass is 16.5. The molecule has 1 saturated heterocycles. The molecule has 1 aliphatic rings. The first-order chi connectivity index (χ1) is 10.3. The lowest BCUT2D eigenvalue weighted by Gasteiger charge is -2.34. The largest absolute Gasteiger partial charge is 0.394 e. The third-order valence-corrected chi connectivity index (χ3v) is 3.56. The minimum absolute atomic E-state index is 0.0960. The molecular weight excluding hydrogens is 270 g/mol. The van der Waals surface area contributed by atoms with Gasteiger partial charge >= 0.3 is 0 Å². The predicted octanol–water partition coefficient (Wildman–Crippen LogP) is 0.706. The Balaban J connectivity index is 1.86. The summed E-state index contributed by atoms with van der Waals surface area (Å²) in [4.78, 5) is 18.5. The van der Waals surface area contributed by atoms with E-state index in [1.807, 2.05) is 29.1 Å². The van der Waals surface area contributed by atoms with Gasteiger partial charge in [0.25, 0.3) is 5.91 Å². The Morgan fingerprint density at radius 2 is 2.24 bits per heavy atom. The molecule has 1 aliphatic heterocycles. The first kappa shape index (κ1) is 13.8. The number of hydrogen-bond acceptors (Lipinski definition) is 4. The summed E-state index contributed by atoms with van der Waals surface area (Å²) in [7, 11) is 0. The molecule has 110 valence electrons. The van der Waals surface area contributed by atoms with Crippen molar-refractivity contribution < 1.29 is 14.6 Å². The Hall–Kier alpha value is -2.18. The van der Waals surface area contributed by atoms with Gasteiger partial charge in [-0.2, -0.15) is 0 Å². The summed E-state index contributed by atoms with van der Waals surface area (Å²) in [5.74, 6) is 0.591. The van der Waals surface area contributed by atoms with E-state index in [0.717, 1.165) is 0 Å². The molecule has 0 saturated carbocycles. The van der Waals surface area contributed by atoms with E-state index in [4.69, 9.17) is 4.74 Å². The SMILES string of the molecule is O=C(c1ccnc(-n2cccc2)c1)N1CCOC[C@H]1CO. The molecule has 1 atom stereocenters. The van der Waals surface area contributed by atoms with Gasteiger partial charge in [0.1, 0.15) is 5.82 Å². The fourth-order valence-corrected chi connectivity index (χ4v) is 2.42. The smallest absolute Gasteiger partial charge is 0.254 e. The van der Waals surface area contributed by atoms with Crippen molar-refractivity contribution >= 4 is 5.91 Å². The van der Waals surface area contributed by atoms with Crippen molar-refractivity contribution in [2.24, 2.45) is 0 Å². The van der Waals surface area contributed by atoms with E-state index in [9.17, 15) is 9.90 Å². The van der Waals surface area contributed by atoms with Gasteiger partial charge in [0, 0.05) is 30.7 Å². The maximum atomic E-state index is 12.6. The van der Waals surface area contributed by atoms with Gasteiger partial charge in [-0.15, -0.1) is 0 Å². The quantitative estimate of drug-likeness (QED) is 0.902. The molecule has 0 unspecified atom stereocenters. The molecule has 0 aromatic carbocycles. The number of carbonyl (C=O) groups is 1. The number of pyridine rings is 1. The van der Waals surface area contributed by atoms with Crippen LogP contribution in [0.3, 0.4) is 0 Å². The summed E-state index contributed by atoms with van der Waals surface area (Å²) in [5, 5.41) is 9.37. The van der Waals surface area contributed by atoms with Gasteiger partial charge in [-0.05, 0) is 24.3 Å². The predicted molar refractivity (Wildman–Crippen MR) is 76.3 cm³/mol. The number of nitrogens with zero attached hydrogens (tertiary/aromatic N) is 3. The lowest BCUT2D eigenvalue weighted by Crippen LogP contribution is -2.50. The zero-order valence-electron chi connectivity index (χ0n) is 11.6. The summed E-state index contributed by atoms with van der Waals surface area (Å²) in [6.07, 6.45) is 5.38. The summed E-state index contributed by atoms with van der Waals surface area (Å²) < 4.78 is 7.15. The highest BCUT2D eigenvalue weighted by Gasteiger charge is 2.27. The van der Waals surface area contributed by atoms with Crippen LogP contribution in [0, 0.1) is 0 Å². The molecule has 3 rings (SSSR count). The van der Waals surface area contributed by atoms with Crippen molar-refractivity contribution in [2.45, 2.75) is 6.04 Å². The number of morpholine rings is 1. The minimum Gasteiger partial charge on any atom is -0.394 e. The molecule has 3 heterocycles. The van der Waals surface area contributed by atoms with Crippen molar-refractivity contribution in [3.05, 3.63) is 48.4 Å². The summed E-state index contributed by atoms with van der Waals surface area (Å²) >= 11 is 0. The van der Waals surface area contributed by atoms with Crippen LogP contribution in [0.25, 0.3) is 5.82 Å². The van der Waals surface area contributed by atoms with Gasteiger partial charge < -0.3 is 19.3 Å². The summed E-state index contributed by atoms with van der Waals surface area (Å²) in [6.45, 7) is 1.27. The molecule has 21 heavy (non-hydrogen) atoms. The van der Waals surface area contributed by atoms with E-state index in [2.05, 4.69) is 4.98 Å².